The Balaban J connectivity index is 3.03. The van der Waals surface area contributed by atoms with Crippen LogP contribution in [0.1, 0.15) is 13.8 Å². The number of nitrogens with one attached hydrogen (secondary N) is 1. The molecule has 0 aliphatic rings. The van der Waals surface area contributed by atoms with Crippen molar-refractivity contribution in [3.8, 4) is 0 Å². The zero-order valence-electron chi connectivity index (χ0n) is 9.68. The van der Waals surface area contributed by atoms with Gasteiger partial charge in [-0.1, -0.05) is 29.8 Å². The van der Waals surface area contributed by atoms with Gasteiger partial charge in [0.15, 0.2) is 0 Å². The predicted octanol–water partition coefficient (Wildman–Crippen LogP) is 2.79. The molecule has 1 aromatic carbocycles. The van der Waals surface area contributed by atoms with Gasteiger partial charge < -0.3 is 10.4 Å². The summed E-state index contributed by atoms with van der Waals surface area (Å²) in [4.78, 5) is 10.4. The second kappa shape index (κ2) is 5.97. The molecule has 0 fully saturated rings. The van der Waals surface area contributed by atoms with Crippen LogP contribution in [-0.2, 0) is 0 Å². The smallest absolute Gasteiger partial charge is 0.292 e. The third-order valence-corrected chi connectivity index (χ3v) is 2.99. The Morgan fingerprint density at radius 3 is 2.65 bits per heavy atom. The lowest BCUT2D eigenvalue weighted by atomic mass is 10.0. The second-order valence-electron chi connectivity index (χ2n) is 4.10. The Labute approximate surface area is 108 Å². The third kappa shape index (κ3) is 3.67. The van der Waals surface area contributed by atoms with Gasteiger partial charge in [0.05, 0.1) is 17.6 Å². The normalized spacial score (nSPS) is 12.5. The highest BCUT2D eigenvalue weighted by molar-refractivity contribution is 9.10. The summed E-state index contributed by atoms with van der Waals surface area (Å²) in [5.74, 6) is 0.179. The summed E-state index contributed by atoms with van der Waals surface area (Å²) in [5, 5.41) is 23.1. The van der Waals surface area contributed by atoms with Crippen molar-refractivity contribution >= 4 is 27.3 Å². The molecule has 0 heterocycles. The molecule has 5 nitrogen and oxygen atoms in total. The number of benzene rings is 1. The molecule has 0 saturated carbocycles. The molecule has 1 unspecified atom stereocenters. The van der Waals surface area contributed by atoms with Crippen LogP contribution in [0.5, 0.6) is 0 Å². The van der Waals surface area contributed by atoms with Crippen molar-refractivity contribution in [3.63, 3.8) is 0 Å². The SMILES string of the molecule is CC(C)C(CO)Nc1cc(Br)ccc1[N+](=O)[O-]. The van der Waals surface area contributed by atoms with E-state index in [1.807, 2.05) is 13.8 Å². The van der Waals surface area contributed by atoms with Crippen molar-refractivity contribution in [2.75, 3.05) is 11.9 Å². The lowest BCUT2D eigenvalue weighted by Gasteiger charge is -2.21. The van der Waals surface area contributed by atoms with Gasteiger partial charge in [0, 0.05) is 10.5 Å². The topological polar surface area (TPSA) is 75.4 Å². The number of nitrogens with zero attached hydrogens (tertiary/aromatic N) is 1. The average molecular weight is 303 g/mol. The molecule has 0 spiro atoms. The summed E-state index contributed by atoms with van der Waals surface area (Å²) < 4.78 is 0.756. The van der Waals surface area contributed by atoms with Gasteiger partial charge in [-0.25, -0.2) is 0 Å². The van der Waals surface area contributed by atoms with Crippen molar-refractivity contribution in [2.45, 2.75) is 19.9 Å². The molecule has 94 valence electrons. The molecule has 0 saturated heterocycles. The highest BCUT2D eigenvalue weighted by Gasteiger charge is 2.18. The molecule has 1 aromatic rings. The molecular weight excluding hydrogens is 288 g/mol. The number of hydrogen-bond donors (Lipinski definition) is 2. The van der Waals surface area contributed by atoms with E-state index in [4.69, 9.17) is 0 Å². The Hall–Kier alpha value is -1.14. The zero-order chi connectivity index (χ0) is 13.0. The highest BCUT2D eigenvalue weighted by Crippen LogP contribution is 2.29. The summed E-state index contributed by atoms with van der Waals surface area (Å²) in [7, 11) is 0. The molecule has 2 N–H and O–H groups in total. The first-order valence-electron chi connectivity index (χ1n) is 5.27. The van der Waals surface area contributed by atoms with E-state index in [0.29, 0.717) is 5.69 Å². The van der Waals surface area contributed by atoms with Crippen LogP contribution in [0.25, 0.3) is 0 Å². The number of nitro benzene ring substituents is 1. The maximum atomic E-state index is 10.9. The molecule has 0 bridgehead atoms. The third-order valence-electron chi connectivity index (χ3n) is 2.50. The maximum absolute atomic E-state index is 10.9. The van der Waals surface area contributed by atoms with Crippen LogP contribution in [0, 0.1) is 16.0 Å². The van der Waals surface area contributed by atoms with Gasteiger partial charge in [0.25, 0.3) is 5.69 Å². The van der Waals surface area contributed by atoms with Crippen molar-refractivity contribution < 1.29 is 10.0 Å². The second-order valence-corrected chi connectivity index (χ2v) is 5.01. The fraction of sp³-hybridized carbons (Fsp3) is 0.455. The van der Waals surface area contributed by atoms with Crippen LogP contribution in [-0.4, -0.2) is 22.7 Å². The molecule has 0 aliphatic carbocycles. The largest absolute Gasteiger partial charge is 0.394 e. The summed E-state index contributed by atoms with van der Waals surface area (Å²) in [6, 6.07) is 4.49. The molecule has 6 heteroatoms. The van der Waals surface area contributed by atoms with E-state index in [0.717, 1.165) is 4.47 Å². The van der Waals surface area contributed by atoms with Crippen molar-refractivity contribution in [3.05, 3.63) is 32.8 Å². The predicted molar refractivity (Wildman–Crippen MR) is 70.1 cm³/mol. The number of aliphatic hydroxyl groups is 1. The van der Waals surface area contributed by atoms with E-state index in [-0.39, 0.29) is 24.3 Å². The summed E-state index contributed by atoms with van der Waals surface area (Å²) in [6.45, 7) is 3.82. The molecule has 1 rings (SSSR count). The lowest BCUT2D eigenvalue weighted by molar-refractivity contribution is -0.384. The molecule has 0 amide bonds. The number of nitro groups is 1. The Morgan fingerprint density at radius 2 is 2.18 bits per heavy atom. The van der Waals surface area contributed by atoms with E-state index in [9.17, 15) is 15.2 Å². The first-order chi connectivity index (χ1) is 7.95. The summed E-state index contributed by atoms with van der Waals surface area (Å²) in [6.07, 6.45) is 0. The Bertz CT molecular complexity index is 410. The van der Waals surface area contributed by atoms with Gasteiger partial charge in [-0.2, -0.15) is 0 Å². The van der Waals surface area contributed by atoms with E-state index < -0.39 is 4.92 Å². The summed E-state index contributed by atoms with van der Waals surface area (Å²) in [5.41, 5.74) is 0.421. The van der Waals surface area contributed by atoms with E-state index in [1.54, 1.807) is 12.1 Å². The number of halogens is 1. The highest BCUT2D eigenvalue weighted by atomic mass is 79.9. The van der Waals surface area contributed by atoms with Crippen LogP contribution >= 0.6 is 15.9 Å². The van der Waals surface area contributed by atoms with Crippen molar-refractivity contribution in [1.29, 1.82) is 0 Å². The van der Waals surface area contributed by atoms with Crippen LogP contribution < -0.4 is 5.32 Å². The molecular formula is C11H15BrN2O3. The van der Waals surface area contributed by atoms with Crippen LogP contribution in [0.15, 0.2) is 22.7 Å². The Kier molecular flexibility index (Phi) is 4.89. The van der Waals surface area contributed by atoms with Gasteiger partial charge in [-0.3, -0.25) is 10.1 Å². The van der Waals surface area contributed by atoms with Crippen LogP contribution in [0.3, 0.4) is 0 Å². The van der Waals surface area contributed by atoms with Crippen molar-refractivity contribution in [2.24, 2.45) is 5.92 Å². The van der Waals surface area contributed by atoms with E-state index in [1.165, 1.54) is 6.07 Å². The molecule has 0 aliphatic heterocycles. The monoisotopic (exact) mass is 302 g/mol. The first-order valence-corrected chi connectivity index (χ1v) is 6.06. The van der Waals surface area contributed by atoms with Gasteiger partial charge in [0.1, 0.15) is 5.69 Å². The van der Waals surface area contributed by atoms with Gasteiger partial charge in [-0.15, -0.1) is 0 Å². The van der Waals surface area contributed by atoms with Gasteiger partial charge in [-0.05, 0) is 18.1 Å². The molecule has 0 aromatic heterocycles. The fourth-order valence-electron chi connectivity index (χ4n) is 1.41. The number of hydrogen-bond acceptors (Lipinski definition) is 4. The minimum Gasteiger partial charge on any atom is -0.394 e. The lowest BCUT2D eigenvalue weighted by Crippen LogP contribution is -2.29. The molecule has 17 heavy (non-hydrogen) atoms. The minimum absolute atomic E-state index is 0.00676. The van der Waals surface area contributed by atoms with Crippen molar-refractivity contribution in [1.82, 2.24) is 0 Å². The molecule has 0 radical (unpaired) electrons. The fourth-order valence-corrected chi connectivity index (χ4v) is 1.77. The number of rotatable bonds is 5. The van der Waals surface area contributed by atoms with Gasteiger partial charge >= 0.3 is 0 Å². The van der Waals surface area contributed by atoms with E-state index in [2.05, 4.69) is 21.2 Å². The first kappa shape index (κ1) is 13.9. The quantitative estimate of drug-likeness (QED) is 0.648. The van der Waals surface area contributed by atoms with Crippen LogP contribution in [0.2, 0.25) is 0 Å². The standard InChI is InChI=1S/C11H15BrN2O3/c1-7(2)10(6-15)13-9-5-8(12)3-4-11(9)14(16)17/h3-5,7,10,13,15H,6H2,1-2H3. The van der Waals surface area contributed by atoms with E-state index >= 15 is 0 Å². The average Bonchev–Trinajstić information content (AvgIpc) is 2.25. The Morgan fingerprint density at radius 1 is 1.53 bits per heavy atom. The summed E-state index contributed by atoms with van der Waals surface area (Å²) >= 11 is 3.27. The zero-order valence-corrected chi connectivity index (χ0v) is 11.3. The van der Waals surface area contributed by atoms with Crippen LogP contribution in [0.4, 0.5) is 11.4 Å². The maximum Gasteiger partial charge on any atom is 0.292 e. The number of aliphatic hydroxyl groups excluding tert-OH is 1. The number of anilines is 1. The van der Waals surface area contributed by atoms with Gasteiger partial charge in [0.2, 0.25) is 0 Å². The molecule has 1 atom stereocenters. The minimum atomic E-state index is -0.441.